The summed E-state index contributed by atoms with van der Waals surface area (Å²) >= 11 is 5.91. The third kappa shape index (κ3) is 4.54. The first kappa shape index (κ1) is 12.3. The summed E-state index contributed by atoms with van der Waals surface area (Å²) in [6.07, 6.45) is 0.828. The fourth-order valence-corrected chi connectivity index (χ4v) is 1.26. The van der Waals surface area contributed by atoms with Gasteiger partial charge in [0.1, 0.15) is 5.75 Å². The first-order chi connectivity index (χ1) is 6.88. The molecule has 2 N–H and O–H groups in total. The molecule has 84 valence electrons. The molecule has 0 atom stereocenters. The summed E-state index contributed by atoms with van der Waals surface area (Å²) in [5.74, 6) is 0.848. The highest BCUT2D eigenvalue weighted by Gasteiger charge is 2.10. The molecule has 0 aliphatic rings. The number of benzene rings is 1. The van der Waals surface area contributed by atoms with Crippen LogP contribution in [0.5, 0.6) is 5.75 Å². The molecule has 0 fully saturated rings. The SMILES string of the molecule is Cc1cc(OCCC(C)(C)N)ccc1Cl. The zero-order valence-corrected chi connectivity index (χ0v) is 10.3. The minimum absolute atomic E-state index is 0.179. The van der Waals surface area contributed by atoms with Crippen LogP contribution in [-0.2, 0) is 0 Å². The number of hydrogen-bond donors (Lipinski definition) is 1. The second-order valence-corrected chi connectivity index (χ2v) is 4.91. The molecule has 0 spiro atoms. The van der Waals surface area contributed by atoms with Gasteiger partial charge in [-0.25, -0.2) is 0 Å². The molecule has 2 nitrogen and oxygen atoms in total. The van der Waals surface area contributed by atoms with Gasteiger partial charge in [-0.05, 0) is 51.0 Å². The maximum absolute atomic E-state index is 5.91. The fraction of sp³-hybridized carbons (Fsp3) is 0.500. The van der Waals surface area contributed by atoms with Crippen molar-refractivity contribution in [2.45, 2.75) is 32.7 Å². The number of ether oxygens (including phenoxy) is 1. The number of halogens is 1. The van der Waals surface area contributed by atoms with Crippen molar-refractivity contribution in [2.75, 3.05) is 6.61 Å². The van der Waals surface area contributed by atoms with Gasteiger partial charge in [0.25, 0.3) is 0 Å². The second kappa shape index (κ2) is 4.86. The topological polar surface area (TPSA) is 35.2 Å². The van der Waals surface area contributed by atoms with E-state index < -0.39 is 0 Å². The Kier molecular flexibility index (Phi) is 4.00. The highest BCUT2D eigenvalue weighted by molar-refractivity contribution is 6.31. The van der Waals surface area contributed by atoms with Gasteiger partial charge in [-0.3, -0.25) is 0 Å². The lowest BCUT2D eigenvalue weighted by Gasteiger charge is -2.18. The van der Waals surface area contributed by atoms with Crippen molar-refractivity contribution in [2.24, 2.45) is 5.73 Å². The average molecular weight is 228 g/mol. The quantitative estimate of drug-likeness (QED) is 0.858. The van der Waals surface area contributed by atoms with Crippen LogP contribution in [-0.4, -0.2) is 12.1 Å². The monoisotopic (exact) mass is 227 g/mol. The van der Waals surface area contributed by atoms with Gasteiger partial charge < -0.3 is 10.5 Å². The van der Waals surface area contributed by atoms with Gasteiger partial charge in [0, 0.05) is 10.6 Å². The Hall–Kier alpha value is -0.730. The van der Waals surface area contributed by atoms with Crippen LogP contribution in [0.4, 0.5) is 0 Å². The highest BCUT2D eigenvalue weighted by Crippen LogP contribution is 2.21. The standard InChI is InChI=1S/C12H18ClNO/c1-9-8-10(4-5-11(9)13)15-7-6-12(2,3)14/h4-5,8H,6-7,14H2,1-3H3. The lowest BCUT2D eigenvalue weighted by molar-refractivity contribution is 0.274. The van der Waals surface area contributed by atoms with Crippen molar-refractivity contribution >= 4 is 11.6 Å². The molecule has 0 aliphatic heterocycles. The highest BCUT2D eigenvalue weighted by atomic mass is 35.5. The van der Waals surface area contributed by atoms with Crippen LogP contribution in [0.2, 0.25) is 5.02 Å². The number of aryl methyl sites for hydroxylation is 1. The molecule has 0 saturated carbocycles. The third-order valence-corrected chi connectivity index (χ3v) is 2.57. The van der Waals surface area contributed by atoms with Crippen molar-refractivity contribution in [1.29, 1.82) is 0 Å². The molecule has 1 aromatic rings. The van der Waals surface area contributed by atoms with Crippen molar-refractivity contribution < 1.29 is 4.74 Å². The van der Waals surface area contributed by atoms with Crippen LogP contribution in [0.25, 0.3) is 0 Å². The van der Waals surface area contributed by atoms with Gasteiger partial charge in [-0.1, -0.05) is 11.6 Å². The van der Waals surface area contributed by atoms with Crippen LogP contribution in [0.15, 0.2) is 18.2 Å². The van der Waals surface area contributed by atoms with Crippen molar-refractivity contribution in [3.63, 3.8) is 0 Å². The van der Waals surface area contributed by atoms with Crippen LogP contribution in [0.1, 0.15) is 25.8 Å². The van der Waals surface area contributed by atoms with Gasteiger partial charge >= 0.3 is 0 Å². The Morgan fingerprint density at radius 3 is 2.60 bits per heavy atom. The minimum atomic E-state index is -0.179. The summed E-state index contributed by atoms with van der Waals surface area (Å²) in [6.45, 7) is 6.57. The van der Waals surface area contributed by atoms with Gasteiger partial charge in [-0.15, -0.1) is 0 Å². The van der Waals surface area contributed by atoms with Crippen LogP contribution in [0, 0.1) is 6.92 Å². The number of rotatable bonds is 4. The van der Waals surface area contributed by atoms with Crippen molar-refractivity contribution in [3.8, 4) is 5.75 Å². The molecule has 1 rings (SSSR count). The molecule has 0 aromatic heterocycles. The molecule has 0 saturated heterocycles. The molecular weight excluding hydrogens is 210 g/mol. The smallest absolute Gasteiger partial charge is 0.119 e. The maximum atomic E-state index is 5.91. The Labute approximate surface area is 96.4 Å². The van der Waals surface area contributed by atoms with E-state index in [1.54, 1.807) is 0 Å². The molecule has 0 radical (unpaired) electrons. The summed E-state index contributed by atoms with van der Waals surface area (Å²) in [5.41, 5.74) is 6.70. The largest absolute Gasteiger partial charge is 0.494 e. The lowest BCUT2D eigenvalue weighted by Crippen LogP contribution is -2.33. The second-order valence-electron chi connectivity index (χ2n) is 4.50. The summed E-state index contributed by atoms with van der Waals surface area (Å²) in [4.78, 5) is 0. The normalized spacial score (nSPS) is 11.5. The molecular formula is C12H18ClNO. The van der Waals surface area contributed by atoms with Gasteiger partial charge in [0.2, 0.25) is 0 Å². The van der Waals surface area contributed by atoms with E-state index >= 15 is 0 Å². The molecule has 0 heterocycles. The van der Waals surface area contributed by atoms with E-state index in [4.69, 9.17) is 22.1 Å². The fourth-order valence-electron chi connectivity index (χ4n) is 1.14. The minimum Gasteiger partial charge on any atom is -0.494 e. The van der Waals surface area contributed by atoms with Crippen LogP contribution >= 0.6 is 11.6 Å². The Morgan fingerprint density at radius 2 is 2.07 bits per heavy atom. The van der Waals surface area contributed by atoms with Crippen LogP contribution < -0.4 is 10.5 Å². The Morgan fingerprint density at radius 1 is 1.40 bits per heavy atom. The molecule has 0 bridgehead atoms. The van der Waals surface area contributed by atoms with Gasteiger partial charge in [-0.2, -0.15) is 0 Å². The maximum Gasteiger partial charge on any atom is 0.119 e. The molecule has 3 heteroatoms. The average Bonchev–Trinajstić information content (AvgIpc) is 2.09. The molecule has 0 aliphatic carbocycles. The number of nitrogens with two attached hydrogens (primary N) is 1. The Bertz CT molecular complexity index is 331. The molecule has 15 heavy (non-hydrogen) atoms. The molecule has 0 amide bonds. The van der Waals surface area contributed by atoms with Gasteiger partial charge in [0.05, 0.1) is 6.61 Å². The van der Waals surface area contributed by atoms with E-state index in [9.17, 15) is 0 Å². The van der Waals surface area contributed by atoms with E-state index in [1.807, 2.05) is 39.0 Å². The number of hydrogen-bond acceptors (Lipinski definition) is 2. The third-order valence-electron chi connectivity index (χ3n) is 2.14. The first-order valence-electron chi connectivity index (χ1n) is 5.06. The van der Waals surface area contributed by atoms with Crippen molar-refractivity contribution in [1.82, 2.24) is 0 Å². The van der Waals surface area contributed by atoms with Crippen molar-refractivity contribution in [3.05, 3.63) is 28.8 Å². The summed E-state index contributed by atoms with van der Waals surface area (Å²) in [5, 5.41) is 0.765. The summed E-state index contributed by atoms with van der Waals surface area (Å²) < 4.78 is 5.58. The van der Waals surface area contributed by atoms with E-state index in [-0.39, 0.29) is 5.54 Å². The van der Waals surface area contributed by atoms with E-state index in [1.165, 1.54) is 0 Å². The molecule has 1 aromatic carbocycles. The zero-order valence-electron chi connectivity index (χ0n) is 9.51. The zero-order chi connectivity index (χ0) is 11.5. The first-order valence-corrected chi connectivity index (χ1v) is 5.44. The summed E-state index contributed by atoms with van der Waals surface area (Å²) in [6, 6.07) is 5.66. The molecule has 0 unspecified atom stereocenters. The predicted molar refractivity (Wildman–Crippen MR) is 64.6 cm³/mol. The van der Waals surface area contributed by atoms with Crippen LogP contribution in [0.3, 0.4) is 0 Å². The predicted octanol–water partition coefficient (Wildman–Crippen LogP) is 3.15. The van der Waals surface area contributed by atoms with E-state index in [0.29, 0.717) is 6.61 Å². The lowest BCUT2D eigenvalue weighted by atomic mass is 10.0. The van der Waals surface area contributed by atoms with E-state index in [2.05, 4.69) is 0 Å². The summed E-state index contributed by atoms with van der Waals surface area (Å²) in [7, 11) is 0. The van der Waals surface area contributed by atoms with E-state index in [0.717, 1.165) is 22.8 Å². The van der Waals surface area contributed by atoms with Gasteiger partial charge in [0.15, 0.2) is 0 Å². The Balaban J connectivity index is 2.48.